The summed E-state index contributed by atoms with van der Waals surface area (Å²) in [6, 6.07) is 14.4. The third-order valence-corrected chi connectivity index (χ3v) is 6.24. The number of anilines is 1. The van der Waals surface area contributed by atoms with Gasteiger partial charge in [0.05, 0.1) is 6.54 Å². The number of aryl methyl sites for hydroxylation is 1. The van der Waals surface area contributed by atoms with E-state index >= 15 is 0 Å². The molecule has 4 rings (SSSR count). The van der Waals surface area contributed by atoms with Crippen molar-refractivity contribution in [3.05, 3.63) is 75.5 Å². The van der Waals surface area contributed by atoms with Crippen LogP contribution in [0.4, 0.5) is 10.1 Å². The van der Waals surface area contributed by atoms with E-state index in [1.165, 1.54) is 23.5 Å². The van der Waals surface area contributed by atoms with Gasteiger partial charge in [-0.1, -0.05) is 41.2 Å². The average Bonchev–Trinajstić information content (AvgIpc) is 3.12. The number of amides is 1. The van der Waals surface area contributed by atoms with Gasteiger partial charge in [-0.05, 0) is 56.3 Å². The first-order valence-electron chi connectivity index (χ1n) is 10.4. The molecular formula is C23H26FN5OS. The predicted octanol–water partition coefficient (Wildman–Crippen LogP) is 3.95. The monoisotopic (exact) mass is 439 g/mol. The van der Waals surface area contributed by atoms with Gasteiger partial charge in [-0.2, -0.15) is 0 Å². The summed E-state index contributed by atoms with van der Waals surface area (Å²) in [5.41, 5.74) is 3.02. The first-order valence-corrected chi connectivity index (χ1v) is 11.3. The molecule has 2 aromatic carbocycles. The highest BCUT2D eigenvalue weighted by Gasteiger charge is 2.18. The summed E-state index contributed by atoms with van der Waals surface area (Å²) in [7, 11) is 0. The van der Waals surface area contributed by atoms with Gasteiger partial charge in [0.25, 0.3) is 5.91 Å². The van der Waals surface area contributed by atoms with Gasteiger partial charge < -0.3 is 5.32 Å². The van der Waals surface area contributed by atoms with E-state index in [0.717, 1.165) is 61.0 Å². The predicted molar refractivity (Wildman–Crippen MR) is 121 cm³/mol. The molecule has 0 atom stereocenters. The van der Waals surface area contributed by atoms with Crippen molar-refractivity contribution in [2.45, 2.75) is 26.4 Å². The van der Waals surface area contributed by atoms with Crippen molar-refractivity contribution in [3.8, 4) is 0 Å². The molecule has 0 bridgehead atoms. The fourth-order valence-corrected chi connectivity index (χ4v) is 4.39. The van der Waals surface area contributed by atoms with E-state index < -0.39 is 0 Å². The Hall–Kier alpha value is -2.68. The Labute approximate surface area is 185 Å². The molecule has 0 aliphatic carbocycles. The summed E-state index contributed by atoms with van der Waals surface area (Å²) in [4.78, 5) is 17.2. The van der Waals surface area contributed by atoms with Gasteiger partial charge in [0.15, 0.2) is 0 Å². The summed E-state index contributed by atoms with van der Waals surface area (Å²) in [5.74, 6) is -0.427. The Morgan fingerprint density at radius 3 is 2.35 bits per heavy atom. The van der Waals surface area contributed by atoms with Crippen LogP contribution in [0.15, 0.2) is 48.5 Å². The lowest BCUT2D eigenvalue weighted by atomic mass is 10.2. The van der Waals surface area contributed by atoms with Crippen LogP contribution in [0.1, 0.15) is 32.4 Å². The number of nitrogens with zero attached hydrogens (tertiary/aromatic N) is 4. The average molecular weight is 440 g/mol. The van der Waals surface area contributed by atoms with Gasteiger partial charge >= 0.3 is 0 Å². The van der Waals surface area contributed by atoms with E-state index in [0.29, 0.717) is 11.6 Å². The van der Waals surface area contributed by atoms with Crippen LogP contribution < -0.4 is 5.32 Å². The van der Waals surface area contributed by atoms with Crippen molar-refractivity contribution >= 4 is 22.9 Å². The molecule has 1 N–H and O–H groups in total. The molecule has 1 saturated heterocycles. The number of carbonyl (C=O) groups is 1. The van der Waals surface area contributed by atoms with Crippen molar-refractivity contribution < 1.29 is 9.18 Å². The highest BCUT2D eigenvalue weighted by molar-refractivity contribution is 7.13. The van der Waals surface area contributed by atoms with E-state index in [9.17, 15) is 9.18 Å². The summed E-state index contributed by atoms with van der Waals surface area (Å²) in [6.45, 7) is 7.38. The highest BCUT2D eigenvalue weighted by atomic mass is 32.1. The van der Waals surface area contributed by atoms with Crippen molar-refractivity contribution in [2.24, 2.45) is 0 Å². The fourth-order valence-electron chi connectivity index (χ4n) is 3.61. The number of hydrogen-bond donors (Lipinski definition) is 1. The zero-order chi connectivity index (χ0) is 21.6. The van der Waals surface area contributed by atoms with Crippen LogP contribution >= 0.6 is 11.3 Å². The number of carbonyl (C=O) groups excluding carboxylic acids is 1. The lowest BCUT2D eigenvalue weighted by molar-refractivity contribution is 0.102. The molecule has 6 nitrogen and oxygen atoms in total. The standard InChI is InChI=1S/C23H26FN5OS/c1-17-3-9-20(10-4-17)25-22(30)23-27-26-21(31-23)16-29-12-2-11-28(13-14-29)15-18-5-7-19(24)8-6-18/h3-10H,2,11-16H2,1H3,(H,25,30). The normalized spacial score (nSPS) is 15.5. The van der Waals surface area contributed by atoms with Crippen LogP contribution in [0.25, 0.3) is 0 Å². The molecule has 0 radical (unpaired) electrons. The second-order valence-corrected chi connectivity index (χ2v) is 8.92. The Morgan fingerprint density at radius 2 is 1.65 bits per heavy atom. The summed E-state index contributed by atoms with van der Waals surface area (Å²) in [5, 5.41) is 12.4. The number of hydrogen-bond acceptors (Lipinski definition) is 6. The Bertz CT molecular complexity index is 1010. The molecule has 1 amide bonds. The number of nitrogens with one attached hydrogen (secondary N) is 1. The molecule has 31 heavy (non-hydrogen) atoms. The minimum atomic E-state index is -0.228. The van der Waals surface area contributed by atoms with Crippen LogP contribution in [-0.4, -0.2) is 52.1 Å². The lowest BCUT2D eigenvalue weighted by Gasteiger charge is -2.21. The van der Waals surface area contributed by atoms with Gasteiger partial charge in [0.1, 0.15) is 10.8 Å². The van der Waals surface area contributed by atoms with Crippen molar-refractivity contribution in [2.75, 3.05) is 31.5 Å². The molecule has 8 heteroatoms. The smallest absolute Gasteiger partial charge is 0.286 e. The minimum absolute atomic E-state index is 0.199. The first-order chi connectivity index (χ1) is 15.0. The molecule has 1 aromatic heterocycles. The molecule has 0 spiro atoms. The molecule has 2 heterocycles. The summed E-state index contributed by atoms with van der Waals surface area (Å²) < 4.78 is 13.1. The third kappa shape index (κ3) is 6.16. The zero-order valence-electron chi connectivity index (χ0n) is 17.6. The molecule has 162 valence electrons. The molecule has 1 aliphatic heterocycles. The zero-order valence-corrected chi connectivity index (χ0v) is 18.4. The van der Waals surface area contributed by atoms with E-state index in [2.05, 4.69) is 25.3 Å². The molecule has 0 unspecified atom stereocenters. The van der Waals surface area contributed by atoms with E-state index in [1.54, 1.807) is 0 Å². The van der Waals surface area contributed by atoms with Crippen LogP contribution in [0.5, 0.6) is 0 Å². The van der Waals surface area contributed by atoms with E-state index in [4.69, 9.17) is 0 Å². The van der Waals surface area contributed by atoms with Crippen molar-refractivity contribution in [1.29, 1.82) is 0 Å². The SMILES string of the molecule is Cc1ccc(NC(=O)c2nnc(CN3CCCN(Cc4ccc(F)cc4)CC3)s2)cc1. The molecule has 3 aromatic rings. The Kier molecular flexibility index (Phi) is 7.01. The number of halogens is 1. The quantitative estimate of drug-likeness (QED) is 0.630. The largest absolute Gasteiger partial charge is 0.320 e. The lowest BCUT2D eigenvalue weighted by Crippen LogP contribution is -2.30. The third-order valence-electron chi connectivity index (χ3n) is 5.33. The van der Waals surface area contributed by atoms with E-state index in [-0.39, 0.29) is 11.7 Å². The second-order valence-electron chi connectivity index (χ2n) is 7.85. The van der Waals surface area contributed by atoms with Gasteiger partial charge in [-0.25, -0.2) is 4.39 Å². The van der Waals surface area contributed by atoms with Crippen LogP contribution in [0, 0.1) is 12.7 Å². The number of aromatic nitrogens is 2. The van der Waals surface area contributed by atoms with Gasteiger partial charge in [-0.15, -0.1) is 10.2 Å². The first kappa shape index (κ1) is 21.5. The van der Waals surface area contributed by atoms with E-state index in [1.807, 2.05) is 43.3 Å². The van der Waals surface area contributed by atoms with Gasteiger partial charge in [-0.3, -0.25) is 14.6 Å². The Balaban J connectivity index is 1.28. The maximum absolute atomic E-state index is 13.1. The molecular weight excluding hydrogens is 413 g/mol. The summed E-state index contributed by atoms with van der Waals surface area (Å²) >= 11 is 1.34. The molecule has 1 fully saturated rings. The second kappa shape index (κ2) is 10.1. The van der Waals surface area contributed by atoms with Crippen molar-refractivity contribution in [1.82, 2.24) is 20.0 Å². The number of rotatable bonds is 6. The maximum Gasteiger partial charge on any atom is 0.286 e. The van der Waals surface area contributed by atoms with Crippen LogP contribution in [-0.2, 0) is 13.1 Å². The fraction of sp³-hybridized carbons (Fsp3) is 0.348. The molecule has 1 aliphatic rings. The van der Waals surface area contributed by atoms with Crippen molar-refractivity contribution in [3.63, 3.8) is 0 Å². The van der Waals surface area contributed by atoms with Crippen LogP contribution in [0.3, 0.4) is 0 Å². The van der Waals surface area contributed by atoms with Gasteiger partial charge in [0.2, 0.25) is 5.01 Å². The molecule has 0 saturated carbocycles. The number of benzene rings is 2. The summed E-state index contributed by atoms with van der Waals surface area (Å²) in [6.07, 6.45) is 1.06. The Morgan fingerprint density at radius 1 is 0.968 bits per heavy atom. The highest BCUT2D eigenvalue weighted by Crippen LogP contribution is 2.17. The maximum atomic E-state index is 13.1. The topological polar surface area (TPSA) is 61.4 Å². The van der Waals surface area contributed by atoms with Gasteiger partial charge in [0, 0.05) is 25.3 Å². The minimum Gasteiger partial charge on any atom is -0.320 e. The van der Waals surface area contributed by atoms with Crippen LogP contribution in [0.2, 0.25) is 0 Å².